The number of nitrogens with one attached hydrogen (secondary N) is 1. The van der Waals surface area contributed by atoms with Crippen LogP contribution in [0.25, 0.3) is 0 Å². The van der Waals surface area contributed by atoms with Crippen LogP contribution in [0.2, 0.25) is 0 Å². The zero-order valence-electron chi connectivity index (χ0n) is 18.3. The summed E-state index contributed by atoms with van der Waals surface area (Å²) in [6, 6.07) is 13.8. The lowest BCUT2D eigenvalue weighted by molar-refractivity contribution is -0.113. The average Bonchev–Trinajstić information content (AvgIpc) is 2.81. The molecule has 1 aliphatic rings. The Kier molecular flexibility index (Phi) is 9.25. The van der Waals surface area contributed by atoms with Gasteiger partial charge in [-0.1, -0.05) is 6.42 Å². The fraction of sp³-hybridized carbons (Fsp3) is 0.435. The van der Waals surface area contributed by atoms with Crippen LogP contribution < -0.4 is 14.8 Å². The second-order valence-electron chi connectivity index (χ2n) is 7.34. The van der Waals surface area contributed by atoms with E-state index in [4.69, 9.17) is 9.47 Å². The number of thioether (sulfide) groups is 1. The van der Waals surface area contributed by atoms with Crippen molar-refractivity contribution in [3.63, 3.8) is 0 Å². The van der Waals surface area contributed by atoms with Gasteiger partial charge in [-0.15, -0.1) is 11.8 Å². The minimum absolute atomic E-state index is 0.136. The van der Waals surface area contributed by atoms with Gasteiger partial charge in [0.15, 0.2) is 0 Å². The number of hydrogen-bond acceptors (Lipinski definition) is 6. The summed E-state index contributed by atoms with van der Waals surface area (Å²) < 4.78 is 38.0. The smallest absolute Gasteiger partial charge is 0.243 e. The van der Waals surface area contributed by atoms with E-state index in [9.17, 15) is 13.2 Å². The Hall–Kier alpha value is -2.23. The average molecular weight is 479 g/mol. The first kappa shape index (κ1) is 24.4. The third-order valence-corrected chi connectivity index (χ3v) is 7.79. The van der Waals surface area contributed by atoms with E-state index in [-0.39, 0.29) is 10.8 Å². The number of ether oxygens (including phenoxy) is 2. The van der Waals surface area contributed by atoms with E-state index in [1.807, 2.05) is 31.2 Å². The maximum atomic E-state index is 12.7. The predicted molar refractivity (Wildman–Crippen MR) is 128 cm³/mol. The van der Waals surface area contributed by atoms with Gasteiger partial charge >= 0.3 is 0 Å². The molecule has 32 heavy (non-hydrogen) atoms. The van der Waals surface area contributed by atoms with Crippen molar-refractivity contribution in [2.24, 2.45) is 0 Å². The van der Waals surface area contributed by atoms with Gasteiger partial charge in [-0.2, -0.15) is 4.31 Å². The van der Waals surface area contributed by atoms with Crippen molar-refractivity contribution in [3.05, 3.63) is 48.5 Å². The number of rotatable bonds is 11. The topological polar surface area (TPSA) is 84.9 Å². The normalized spacial score (nSPS) is 14.7. The third-order valence-electron chi connectivity index (χ3n) is 4.96. The Bertz CT molecular complexity index is 957. The molecule has 3 rings (SSSR count). The Balaban J connectivity index is 1.37. The first-order valence-corrected chi connectivity index (χ1v) is 13.4. The summed E-state index contributed by atoms with van der Waals surface area (Å²) in [5, 5.41) is 2.80. The molecule has 2 aromatic rings. The molecule has 0 radical (unpaired) electrons. The number of benzene rings is 2. The summed E-state index contributed by atoms with van der Waals surface area (Å²) in [6.45, 7) is 4.20. The zero-order valence-corrected chi connectivity index (χ0v) is 19.9. The van der Waals surface area contributed by atoms with Gasteiger partial charge in [0.25, 0.3) is 0 Å². The monoisotopic (exact) mass is 478 g/mol. The molecule has 9 heteroatoms. The van der Waals surface area contributed by atoms with Crippen LogP contribution in [-0.2, 0) is 14.8 Å². The molecule has 0 bridgehead atoms. The number of sulfonamides is 1. The van der Waals surface area contributed by atoms with Crippen molar-refractivity contribution in [2.75, 3.05) is 43.1 Å². The van der Waals surface area contributed by atoms with Crippen molar-refractivity contribution in [1.29, 1.82) is 0 Å². The fourth-order valence-corrected chi connectivity index (χ4v) is 5.46. The molecule has 174 valence electrons. The van der Waals surface area contributed by atoms with Crippen LogP contribution in [0.5, 0.6) is 11.5 Å². The second-order valence-corrected chi connectivity index (χ2v) is 10.4. The second kappa shape index (κ2) is 12.1. The molecule has 2 aromatic carbocycles. The summed E-state index contributed by atoms with van der Waals surface area (Å²) in [6.07, 6.45) is 2.87. The molecule has 0 unspecified atom stereocenters. The summed E-state index contributed by atoms with van der Waals surface area (Å²) in [7, 11) is -3.46. The number of piperidine rings is 1. The van der Waals surface area contributed by atoms with Gasteiger partial charge in [0.1, 0.15) is 11.5 Å². The number of nitrogens with zero attached hydrogens (tertiary/aromatic N) is 1. The van der Waals surface area contributed by atoms with Crippen LogP contribution in [0.4, 0.5) is 5.69 Å². The molecule has 1 aliphatic heterocycles. The van der Waals surface area contributed by atoms with Gasteiger partial charge < -0.3 is 14.8 Å². The highest BCUT2D eigenvalue weighted by atomic mass is 32.2. The van der Waals surface area contributed by atoms with Crippen molar-refractivity contribution in [2.45, 2.75) is 31.1 Å². The standard InChI is InChI=1S/C23H30N2O5S2/c1-2-29-20-8-10-21(11-9-20)30-16-17-31-18-23(26)24-19-6-12-22(13-7-19)32(27,28)25-14-4-3-5-15-25/h6-13H,2-5,14-18H2,1H3,(H,24,26). The van der Waals surface area contributed by atoms with Gasteiger partial charge in [-0.25, -0.2) is 8.42 Å². The molecule has 0 aromatic heterocycles. The molecule has 1 heterocycles. The van der Waals surface area contributed by atoms with E-state index >= 15 is 0 Å². The predicted octanol–water partition coefficient (Wildman–Crippen LogP) is 4.01. The van der Waals surface area contributed by atoms with E-state index in [2.05, 4.69) is 5.32 Å². The maximum absolute atomic E-state index is 12.7. The molecule has 0 spiro atoms. The summed E-state index contributed by atoms with van der Waals surface area (Å²) in [4.78, 5) is 12.4. The van der Waals surface area contributed by atoms with Crippen LogP contribution in [0, 0.1) is 0 Å². The number of hydrogen-bond donors (Lipinski definition) is 1. The van der Waals surface area contributed by atoms with Gasteiger partial charge in [0.05, 0.1) is 23.9 Å². The first-order chi connectivity index (χ1) is 15.5. The van der Waals surface area contributed by atoms with Gasteiger partial charge in [-0.05, 0) is 68.3 Å². The van der Waals surface area contributed by atoms with Crippen LogP contribution in [0.15, 0.2) is 53.4 Å². The molecule has 1 fully saturated rings. The zero-order chi connectivity index (χ0) is 22.8. The Morgan fingerprint density at radius 1 is 0.969 bits per heavy atom. The van der Waals surface area contributed by atoms with E-state index < -0.39 is 10.0 Å². The van der Waals surface area contributed by atoms with Gasteiger partial charge in [0, 0.05) is 24.5 Å². The van der Waals surface area contributed by atoms with Crippen LogP contribution >= 0.6 is 11.8 Å². The van der Waals surface area contributed by atoms with Crippen molar-refractivity contribution >= 4 is 33.4 Å². The molecular weight excluding hydrogens is 448 g/mol. The molecule has 7 nitrogen and oxygen atoms in total. The van der Waals surface area contributed by atoms with Crippen molar-refractivity contribution in [3.8, 4) is 11.5 Å². The molecular formula is C23H30N2O5S2. The highest BCUT2D eigenvalue weighted by Crippen LogP contribution is 2.22. The minimum Gasteiger partial charge on any atom is -0.494 e. The lowest BCUT2D eigenvalue weighted by Gasteiger charge is -2.25. The lowest BCUT2D eigenvalue weighted by Crippen LogP contribution is -2.35. The van der Waals surface area contributed by atoms with Crippen LogP contribution in [0.3, 0.4) is 0 Å². The first-order valence-electron chi connectivity index (χ1n) is 10.8. The minimum atomic E-state index is -3.46. The van der Waals surface area contributed by atoms with Crippen LogP contribution in [-0.4, -0.2) is 56.4 Å². The summed E-state index contributed by atoms with van der Waals surface area (Å²) in [5.41, 5.74) is 0.582. The summed E-state index contributed by atoms with van der Waals surface area (Å²) in [5.74, 6) is 2.40. The van der Waals surface area contributed by atoms with E-state index in [1.165, 1.54) is 16.1 Å². The number of carbonyl (C=O) groups is 1. The van der Waals surface area contributed by atoms with Gasteiger partial charge in [-0.3, -0.25) is 4.79 Å². The number of amides is 1. The van der Waals surface area contributed by atoms with E-state index in [1.54, 1.807) is 24.3 Å². The third kappa shape index (κ3) is 7.15. The highest BCUT2D eigenvalue weighted by Gasteiger charge is 2.25. The molecule has 1 amide bonds. The van der Waals surface area contributed by atoms with Crippen LogP contribution in [0.1, 0.15) is 26.2 Å². The largest absolute Gasteiger partial charge is 0.494 e. The lowest BCUT2D eigenvalue weighted by atomic mass is 10.2. The fourth-order valence-electron chi connectivity index (χ4n) is 3.34. The van der Waals surface area contributed by atoms with Gasteiger partial charge in [0.2, 0.25) is 15.9 Å². The van der Waals surface area contributed by atoms with E-state index in [0.29, 0.717) is 43.5 Å². The molecule has 0 saturated carbocycles. The SMILES string of the molecule is CCOc1ccc(OCCSCC(=O)Nc2ccc(S(=O)(=O)N3CCCCC3)cc2)cc1. The Morgan fingerprint density at radius 3 is 2.22 bits per heavy atom. The molecule has 1 N–H and O–H groups in total. The quantitative estimate of drug-likeness (QED) is 0.491. The van der Waals surface area contributed by atoms with Crippen molar-refractivity contribution in [1.82, 2.24) is 4.31 Å². The van der Waals surface area contributed by atoms with Crippen molar-refractivity contribution < 1.29 is 22.7 Å². The Morgan fingerprint density at radius 2 is 1.59 bits per heavy atom. The Labute approximate surface area is 194 Å². The highest BCUT2D eigenvalue weighted by molar-refractivity contribution is 7.99. The molecule has 0 aliphatic carbocycles. The number of anilines is 1. The number of carbonyl (C=O) groups excluding carboxylic acids is 1. The molecule has 1 saturated heterocycles. The maximum Gasteiger partial charge on any atom is 0.243 e. The molecule has 0 atom stereocenters. The summed E-state index contributed by atoms with van der Waals surface area (Å²) >= 11 is 1.47. The van der Waals surface area contributed by atoms with E-state index in [0.717, 1.165) is 30.8 Å².